The molecule has 2 aliphatic heterocycles. The molecular weight excluding hydrogens is 420 g/mol. The van der Waals surface area contributed by atoms with Crippen LogP contribution in [0.15, 0.2) is 22.7 Å². The zero-order valence-corrected chi connectivity index (χ0v) is 17.3. The zero-order chi connectivity index (χ0) is 18.7. The molecule has 1 aromatic carbocycles. The second-order valence-corrected chi connectivity index (χ2v) is 10.2. The molecular formula is C18H25BrN2O4S. The predicted octanol–water partition coefficient (Wildman–Crippen LogP) is 2.36. The minimum Gasteiger partial charge on any atom is -0.377 e. The fourth-order valence-electron chi connectivity index (χ4n) is 3.55. The third kappa shape index (κ3) is 5.28. The van der Waals surface area contributed by atoms with Gasteiger partial charge in [0.15, 0.2) is 9.84 Å². The number of rotatable bonds is 6. The van der Waals surface area contributed by atoms with Crippen LogP contribution in [0.25, 0.3) is 0 Å². The molecule has 0 radical (unpaired) electrons. The highest BCUT2D eigenvalue weighted by molar-refractivity contribution is 9.10. The van der Waals surface area contributed by atoms with E-state index in [4.69, 9.17) is 4.74 Å². The molecule has 1 N–H and O–H groups in total. The minimum atomic E-state index is -3.00. The van der Waals surface area contributed by atoms with Crippen molar-refractivity contribution in [1.82, 2.24) is 4.90 Å². The first-order chi connectivity index (χ1) is 12.3. The Balaban J connectivity index is 1.66. The Morgan fingerprint density at radius 1 is 1.38 bits per heavy atom. The molecule has 2 heterocycles. The molecule has 0 aromatic heterocycles. The predicted molar refractivity (Wildman–Crippen MR) is 105 cm³/mol. The fraction of sp³-hybridized carbons (Fsp3) is 0.611. The zero-order valence-electron chi connectivity index (χ0n) is 14.9. The lowest BCUT2D eigenvalue weighted by atomic mass is 10.1. The summed E-state index contributed by atoms with van der Waals surface area (Å²) < 4.78 is 30.3. The quantitative estimate of drug-likeness (QED) is 0.728. The van der Waals surface area contributed by atoms with Crippen LogP contribution in [-0.2, 0) is 19.4 Å². The molecule has 2 unspecified atom stereocenters. The summed E-state index contributed by atoms with van der Waals surface area (Å²) in [5, 5.41) is 2.92. The van der Waals surface area contributed by atoms with Crippen molar-refractivity contribution in [1.29, 1.82) is 0 Å². The highest BCUT2D eigenvalue weighted by atomic mass is 79.9. The number of sulfone groups is 1. The van der Waals surface area contributed by atoms with Gasteiger partial charge in [0.1, 0.15) is 0 Å². The second-order valence-electron chi connectivity index (χ2n) is 7.15. The summed E-state index contributed by atoms with van der Waals surface area (Å²) in [7, 11) is -3.00. The normalized spacial score (nSPS) is 24.9. The van der Waals surface area contributed by atoms with Crippen LogP contribution >= 0.6 is 15.9 Å². The number of halogens is 1. The number of hydrogen-bond donors (Lipinski definition) is 1. The molecule has 0 aliphatic carbocycles. The maximum absolute atomic E-state index is 12.6. The number of hydrogen-bond acceptors (Lipinski definition) is 5. The Bertz CT molecular complexity index is 762. The lowest BCUT2D eigenvalue weighted by molar-refractivity contribution is -0.118. The van der Waals surface area contributed by atoms with Crippen molar-refractivity contribution < 1.29 is 17.9 Å². The van der Waals surface area contributed by atoms with E-state index in [9.17, 15) is 13.2 Å². The molecule has 2 aliphatic rings. The van der Waals surface area contributed by atoms with Gasteiger partial charge in [0, 0.05) is 23.7 Å². The Hall–Kier alpha value is -0.960. The van der Waals surface area contributed by atoms with Crippen molar-refractivity contribution in [2.75, 3.05) is 36.5 Å². The van der Waals surface area contributed by atoms with Gasteiger partial charge in [0.2, 0.25) is 5.91 Å². The first kappa shape index (κ1) is 19.8. The number of carbonyl (C=O) groups excluding carboxylic acids is 1. The number of amides is 1. The molecule has 1 aromatic rings. The Labute approximate surface area is 163 Å². The Morgan fingerprint density at radius 3 is 2.81 bits per heavy atom. The Kier molecular flexibility index (Phi) is 6.37. The highest BCUT2D eigenvalue weighted by Crippen LogP contribution is 2.24. The van der Waals surface area contributed by atoms with E-state index in [1.54, 1.807) is 0 Å². The number of nitrogens with zero attached hydrogens (tertiary/aromatic N) is 1. The molecule has 2 saturated heterocycles. The Morgan fingerprint density at radius 2 is 2.19 bits per heavy atom. The van der Waals surface area contributed by atoms with Gasteiger partial charge in [0.05, 0.1) is 29.8 Å². The van der Waals surface area contributed by atoms with E-state index < -0.39 is 9.84 Å². The molecule has 2 atom stereocenters. The van der Waals surface area contributed by atoms with Gasteiger partial charge in [0.25, 0.3) is 0 Å². The average molecular weight is 445 g/mol. The van der Waals surface area contributed by atoms with Crippen LogP contribution in [0.3, 0.4) is 0 Å². The van der Waals surface area contributed by atoms with Crippen molar-refractivity contribution >= 4 is 37.4 Å². The van der Waals surface area contributed by atoms with Crippen LogP contribution < -0.4 is 5.32 Å². The van der Waals surface area contributed by atoms with Crippen molar-refractivity contribution in [2.45, 2.75) is 38.3 Å². The van der Waals surface area contributed by atoms with E-state index in [1.165, 1.54) is 0 Å². The van der Waals surface area contributed by atoms with Crippen LogP contribution in [0, 0.1) is 6.92 Å². The lowest BCUT2D eigenvalue weighted by Crippen LogP contribution is -2.45. The number of anilines is 1. The highest BCUT2D eigenvalue weighted by Gasteiger charge is 2.34. The average Bonchev–Trinajstić information content (AvgIpc) is 3.19. The van der Waals surface area contributed by atoms with Crippen molar-refractivity contribution in [3.05, 3.63) is 28.2 Å². The monoisotopic (exact) mass is 444 g/mol. The van der Waals surface area contributed by atoms with E-state index in [2.05, 4.69) is 21.2 Å². The van der Waals surface area contributed by atoms with Gasteiger partial charge in [-0.2, -0.15) is 0 Å². The first-order valence-electron chi connectivity index (χ1n) is 8.94. The topological polar surface area (TPSA) is 75.7 Å². The number of carbonyl (C=O) groups is 1. The molecule has 0 saturated carbocycles. The molecule has 1 amide bonds. The molecule has 0 spiro atoms. The van der Waals surface area contributed by atoms with Gasteiger partial charge in [-0.25, -0.2) is 8.42 Å². The van der Waals surface area contributed by atoms with Gasteiger partial charge in [-0.15, -0.1) is 0 Å². The van der Waals surface area contributed by atoms with Crippen LogP contribution in [0.5, 0.6) is 0 Å². The maximum atomic E-state index is 12.6. The van der Waals surface area contributed by atoms with Crippen LogP contribution in [0.4, 0.5) is 5.69 Å². The van der Waals surface area contributed by atoms with Gasteiger partial charge in [-0.05, 0) is 59.8 Å². The number of benzene rings is 1. The van der Waals surface area contributed by atoms with Crippen LogP contribution in [0.1, 0.15) is 24.8 Å². The molecule has 8 heteroatoms. The number of nitrogens with one attached hydrogen (secondary N) is 1. The lowest BCUT2D eigenvalue weighted by Gasteiger charge is -2.29. The summed E-state index contributed by atoms with van der Waals surface area (Å²) in [4.78, 5) is 14.6. The van der Waals surface area contributed by atoms with Gasteiger partial charge < -0.3 is 10.1 Å². The van der Waals surface area contributed by atoms with Gasteiger partial charge in [-0.1, -0.05) is 6.07 Å². The third-order valence-electron chi connectivity index (χ3n) is 4.93. The van der Waals surface area contributed by atoms with Crippen molar-refractivity contribution in [2.24, 2.45) is 0 Å². The standard InChI is InChI=1S/C18H25BrN2O4S/c1-13-4-5-17(16(19)9-13)20-18(22)11-21(10-15-3-2-7-25-15)14-6-8-26(23,24)12-14/h4-5,9,14-15H,2-3,6-8,10-12H2,1H3,(H,20,22). The number of aryl methyl sites for hydroxylation is 1. The van der Waals surface area contributed by atoms with Crippen LogP contribution in [0.2, 0.25) is 0 Å². The fourth-order valence-corrected chi connectivity index (χ4v) is 5.91. The van der Waals surface area contributed by atoms with Gasteiger partial charge >= 0.3 is 0 Å². The molecule has 26 heavy (non-hydrogen) atoms. The number of ether oxygens (including phenoxy) is 1. The summed E-state index contributed by atoms with van der Waals surface area (Å²) in [6, 6.07) is 5.63. The van der Waals surface area contributed by atoms with E-state index in [1.807, 2.05) is 30.0 Å². The van der Waals surface area contributed by atoms with E-state index in [0.717, 1.165) is 35.2 Å². The van der Waals surface area contributed by atoms with E-state index in [0.29, 0.717) is 13.0 Å². The summed E-state index contributed by atoms with van der Waals surface area (Å²) >= 11 is 3.47. The summed E-state index contributed by atoms with van der Waals surface area (Å²) in [5.74, 6) is 0.184. The molecule has 6 nitrogen and oxygen atoms in total. The summed E-state index contributed by atoms with van der Waals surface area (Å²) in [5.41, 5.74) is 1.82. The smallest absolute Gasteiger partial charge is 0.238 e. The summed E-state index contributed by atoms with van der Waals surface area (Å²) in [6.07, 6.45) is 2.64. The third-order valence-corrected chi connectivity index (χ3v) is 7.34. The van der Waals surface area contributed by atoms with Crippen molar-refractivity contribution in [3.8, 4) is 0 Å². The largest absolute Gasteiger partial charge is 0.377 e. The molecule has 0 bridgehead atoms. The molecule has 144 valence electrons. The van der Waals surface area contributed by atoms with Crippen molar-refractivity contribution in [3.63, 3.8) is 0 Å². The first-order valence-corrected chi connectivity index (χ1v) is 11.6. The minimum absolute atomic E-state index is 0.0808. The molecule has 2 fully saturated rings. The molecule has 3 rings (SSSR count). The second kappa shape index (κ2) is 8.37. The van der Waals surface area contributed by atoms with E-state index >= 15 is 0 Å². The maximum Gasteiger partial charge on any atom is 0.238 e. The summed E-state index contributed by atoms with van der Waals surface area (Å²) in [6.45, 7) is 3.49. The SMILES string of the molecule is Cc1ccc(NC(=O)CN(CC2CCCO2)C2CCS(=O)(=O)C2)c(Br)c1. The van der Waals surface area contributed by atoms with E-state index in [-0.39, 0.29) is 36.1 Å². The van der Waals surface area contributed by atoms with Crippen LogP contribution in [-0.4, -0.2) is 62.6 Å². The van der Waals surface area contributed by atoms with Gasteiger partial charge in [-0.3, -0.25) is 9.69 Å².